The van der Waals surface area contributed by atoms with Gasteiger partial charge in [0, 0.05) is 18.6 Å². The monoisotopic (exact) mass is 273 g/mol. The number of nitrogens with zero attached hydrogens (tertiary/aromatic N) is 1. The van der Waals surface area contributed by atoms with E-state index in [1.54, 1.807) is 7.05 Å². The highest BCUT2D eigenvalue weighted by atomic mass is 19.1. The molecule has 19 heavy (non-hydrogen) atoms. The van der Waals surface area contributed by atoms with Crippen molar-refractivity contribution in [2.24, 2.45) is 0 Å². The summed E-state index contributed by atoms with van der Waals surface area (Å²) in [6.07, 6.45) is 0.665. The van der Waals surface area contributed by atoms with Crippen LogP contribution in [0.1, 0.15) is 12.8 Å². The smallest absolute Gasteiger partial charge is 0.307 e. The van der Waals surface area contributed by atoms with Gasteiger partial charge in [0.15, 0.2) is 0 Å². The second-order valence-corrected chi connectivity index (χ2v) is 3.80. The highest BCUT2D eigenvalue weighted by Gasteiger charge is 2.19. The van der Waals surface area contributed by atoms with Crippen LogP contribution in [0, 0.1) is 21.7 Å². The van der Waals surface area contributed by atoms with Crippen molar-refractivity contribution < 1.29 is 18.5 Å². The maximum absolute atomic E-state index is 13.4. The van der Waals surface area contributed by atoms with Crippen molar-refractivity contribution in [2.75, 3.05) is 18.9 Å². The highest BCUT2D eigenvalue weighted by molar-refractivity contribution is 5.91. The second kappa shape index (κ2) is 6.74. The third-order valence-electron chi connectivity index (χ3n) is 2.34. The Morgan fingerprint density at radius 1 is 1.37 bits per heavy atom. The van der Waals surface area contributed by atoms with Gasteiger partial charge in [0.2, 0.25) is 11.7 Å². The van der Waals surface area contributed by atoms with Gasteiger partial charge < -0.3 is 10.6 Å². The van der Waals surface area contributed by atoms with Crippen LogP contribution in [-0.2, 0) is 4.79 Å². The Bertz CT molecular complexity index is 494. The first-order valence-corrected chi connectivity index (χ1v) is 5.53. The van der Waals surface area contributed by atoms with Crippen LogP contribution in [-0.4, -0.2) is 24.4 Å². The van der Waals surface area contributed by atoms with E-state index in [2.05, 4.69) is 10.6 Å². The van der Waals surface area contributed by atoms with Gasteiger partial charge in [-0.3, -0.25) is 14.9 Å². The second-order valence-electron chi connectivity index (χ2n) is 3.80. The predicted octanol–water partition coefficient (Wildman–Crippen LogP) is 1.81. The Balaban J connectivity index is 2.80. The summed E-state index contributed by atoms with van der Waals surface area (Å²) in [4.78, 5) is 21.0. The van der Waals surface area contributed by atoms with Gasteiger partial charge in [-0.05, 0) is 20.0 Å². The minimum atomic E-state index is -1.28. The third kappa shape index (κ3) is 4.25. The fourth-order valence-electron chi connectivity index (χ4n) is 1.41. The van der Waals surface area contributed by atoms with Gasteiger partial charge in [-0.2, -0.15) is 4.39 Å². The molecule has 104 valence electrons. The molecule has 0 unspecified atom stereocenters. The Hall–Kier alpha value is -2.09. The minimum absolute atomic E-state index is 0.130. The predicted molar refractivity (Wildman–Crippen MR) is 64.8 cm³/mol. The molecule has 1 aromatic rings. The molecule has 0 heterocycles. The molecular formula is C11H13F2N3O3. The molecule has 1 amide bonds. The minimum Gasteiger partial charge on any atom is -0.323 e. The molecule has 0 atom stereocenters. The van der Waals surface area contributed by atoms with Gasteiger partial charge in [-0.1, -0.05) is 0 Å². The number of hydrogen-bond donors (Lipinski definition) is 2. The zero-order valence-corrected chi connectivity index (χ0v) is 10.2. The van der Waals surface area contributed by atoms with E-state index in [4.69, 9.17) is 0 Å². The summed E-state index contributed by atoms with van der Waals surface area (Å²) in [5, 5.41) is 15.5. The zero-order valence-electron chi connectivity index (χ0n) is 10.2. The van der Waals surface area contributed by atoms with Crippen LogP contribution in [0.15, 0.2) is 12.1 Å². The average Bonchev–Trinajstić information content (AvgIpc) is 2.32. The van der Waals surface area contributed by atoms with Crippen molar-refractivity contribution >= 4 is 17.3 Å². The Morgan fingerprint density at radius 3 is 2.63 bits per heavy atom. The molecular weight excluding hydrogens is 260 g/mol. The molecule has 1 aromatic carbocycles. The first kappa shape index (κ1) is 15.0. The molecule has 0 aromatic heterocycles. The van der Waals surface area contributed by atoms with Crippen LogP contribution >= 0.6 is 0 Å². The van der Waals surface area contributed by atoms with Crippen LogP contribution < -0.4 is 10.6 Å². The number of nitro groups is 1. The van der Waals surface area contributed by atoms with Crippen molar-refractivity contribution in [1.82, 2.24) is 5.32 Å². The maximum Gasteiger partial charge on any atom is 0.307 e. The number of nitro benzene ring substituents is 1. The molecule has 0 aliphatic heterocycles. The average molecular weight is 273 g/mol. The van der Waals surface area contributed by atoms with Crippen LogP contribution in [0.4, 0.5) is 20.2 Å². The van der Waals surface area contributed by atoms with Gasteiger partial charge in [-0.15, -0.1) is 0 Å². The number of hydrogen-bond acceptors (Lipinski definition) is 4. The molecule has 0 aliphatic carbocycles. The van der Waals surface area contributed by atoms with Crippen LogP contribution in [0.3, 0.4) is 0 Å². The molecule has 1 rings (SSSR count). The maximum atomic E-state index is 13.4. The Labute approximate surface area is 108 Å². The number of carbonyl (C=O) groups excluding carboxylic acids is 1. The molecule has 0 spiro atoms. The van der Waals surface area contributed by atoms with E-state index in [1.165, 1.54) is 0 Å². The zero-order chi connectivity index (χ0) is 14.4. The quantitative estimate of drug-likeness (QED) is 0.470. The van der Waals surface area contributed by atoms with Crippen molar-refractivity contribution in [2.45, 2.75) is 12.8 Å². The molecule has 0 aliphatic rings. The molecule has 0 saturated heterocycles. The lowest BCUT2D eigenvalue weighted by atomic mass is 10.2. The van der Waals surface area contributed by atoms with E-state index in [9.17, 15) is 23.7 Å². The van der Waals surface area contributed by atoms with Crippen molar-refractivity contribution in [3.8, 4) is 0 Å². The van der Waals surface area contributed by atoms with E-state index < -0.39 is 33.8 Å². The summed E-state index contributed by atoms with van der Waals surface area (Å²) in [6, 6.07) is 1.04. The van der Waals surface area contributed by atoms with Crippen molar-refractivity contribution in [3.63, 3.8) is 0 Å². The van der Waals surface area contributed by atoms with Gasteiger partial charge in [0.25, 0.3) is 0 Å². The number of nitrogens with one attached hydrogen (secondary N) is 2. The van der Waals surface area contributed by atoms with Gasteiger partial charge in [0.05, 0.1) is 10.6 Å². The normalized spacial score (nSPS) is 10.3. The van der Waals surface area contributed by atoms with E-state index in [1.807, 2.05) is 0 Å². The Kier molecular flexibility index (Phi) is 5.31. The van der Waals surface area contributed by atoms with E-state index in [0.29, 0.717) is 25.1 Å². The molecule has 0 saturated carbocycles. The van der Waals surface area contributed by atoms with E-state index in [-0.39, 0.29) is 6.42 Å². The number of anilines is 1. The summed E-state index contributed by atoms with van der Waals surface area (Å²) < 4.78 is 26.4. The summed E-state index contributed by atoms with van der Waals surface area (Å²) in [5.74, 6) is -2.82. The lowest BCUT2D eigenvalue weighted by Gasteiger charge is -2.06. The van der Waals surface area contributed by atoms with Gasteiger partial charge in [0.1, 0.15) is 5.82 Å². The lowest BCUT2D eigenvalue weighted by Crippen LogP contribution is -2.16. The molecule has 2 N–H and O–H groups in total. The van der Waals surface area contributed by atoms with Gasteiger partial charge in [-0.25, -0.2) is 4.39 Å². The molecule has 0 radical (unpaired) electrons. The summed E-state index contributed by atoms with van der Waals surface area (Å²) in [7, 11) is 1.72. The van der Waals surface area contributed by atoms with E-state index >= 15 is 0 Å². The number of carbonyl (C=O) groups is 1. The van der Waals surface area contributed by atoms with Gasteiger partial charge >= 0.3 is 5.69 Å². The third-order valence-corrected chi connectivity index (χ3v) is 2.34. The fraction of sp³-hybridized carbons (Fsp3) is 0.364. The molecule has 0 fully saturated rings. The van der Waals surface area contributed by atoms with Crippen molar-refractivity contribution in [3.05, 3.63) is 33.9 Å². The first-order chi connectivity index (χ1) is 8.95. The topological polar surface area (TPSA) is 84.3 Å². The van der Waals surface area contributed by atoms with Crippen LogP contribution in [0.5, 0.6) is 0 Å². The molecule has 8 heteroatoms. The van der Waals surface area contributed by atoms with Crippen LogP contribution in [0.25, 0.3) is 0 Å². The lowest BCUT2D eigenvalue weighted by molar-refractivity contribution is -0.387. The summed E-state index contributed by atoms with van der Waals surface area (Å²) in [5.41, 5.74) is -1.28. The number of rotatable bonds is 6. The molecule has 6 nitrogen and oxygen atoms in total. The highest BCUT2D eigenvalue weighted by Crippen LogP contribution is 2.25. The summed E-state index contributed by atoms with van der Waals surface area (Å²) >= 11 is 0. The van der Waals surface area contributed by atoms with Crippen LogP contribution in [0.2, 0.25) is 0 Å². The number of amides is 1. The standard InChI is InChI=1S/C11H13F2N3O3/c1-14-4-2-3-11(17)15-9-6-10(16(18)19)8(13)5-7(9)12/h5-6,14H,2-4H2,1H3,(H,15,17). The first-order valence-electron chi connectivity index (χ1n) is 5.53. The number of halogens is 2. The SMILES string of the molecule is CNCCCC(=O)Nc1cc([N+](=O)[O-])c(F)cc1F. The molecule has 0 bridgehead atoms. The van der Waals surface area contributed by atoms with Crippen molar-refractivity contribution in [1.29, 1.82) is 0 Å². The summed E-state index contributed by atoms with van der Waals surface area (Å²) in [6.45, 7) is 0.611. The Morgan fingerprint density at radius 2 is 2.05 bits per heavy atom. The number of benzene rings is 1. The fourth-order valence-corrected chi connectivity index (χ4v) is 1.41. The largest absolute Gasteiger partial charge is 0.323 e. The van der Waals surface area contributed by atoms with E-state index in [0.717, 1.165) is 0 Å².